The van der Waals surface area contributed by atoms with Crippen molar-refractivity contribution in [1.82, 2.24) is 23.8 Å². The highest BCUT2D eigenvalue weighted by atomic mass is 16.1. The van der Waals surface area contributed by atoms with Crippen LogP contribution in [-0.2, 0) is 0 Å². The van der Waals surface area contributed by atoms with Crippen LogP contribution in [0, 0.1) is 0 Å². The predicted octanol–water partition coefficient (Wildman–Crippen LogP) is 0.890. The predicted molar refractivity (Wildman–Crippen MR) is 65.5 cm³/mol. The van der Waals surface area contributed by atoms with Crippen molar-refractivity contribution >= 4 is 22.5 Å². The maximum Gasteiger partial charge on any atom is 0.341 e. The molecule has 1 aromatic carbocycles. The molecule has 0 aliphatic heterocycles. The van der Waals surface area contributed by atoms with E-state index in [1.54, 1.807) is 18.6 Å². The van der Waals surface area contributed by atoms with E-state index in [2.05, 4.69) is 15.0 Å². The maximum atomic E-state index is 12.4. The Labute approximate surface area is 100 Å². The molecule has 0 bridgehead atoms. The van der Waals surface area contributed by atoms with Gasteiger partial charge in [-0.2, -0.15) is 4.98 Å². The van der Waals surface area contributed by atoms with Crippen molar-refractivity contribution in [3.05, 3.63) is 53.3 Å². The number of benzene rings is 1. The fourth-order valence-electron chi connectivity index (χ4n) is 2.08. The molecule has 0 radical (unpaired) electrons. The zero-order chi connectivity index (χ0) is 12.1. The minimum absolute atomic E-state index is 0.189. The van der Waals surface area contributed by atoms with Gasteiger partial charge in [0.2, 0.25) is 5.78 Å². The smallest absolute Gasteiger partial charge is 0.259 e. The number of rotatable bonds is 0. The molecule has 0 aliphatic rings. The second-order valence-electron chi connectivity index (χ2n) is 3.93. The van der Waals surface area contributed by atoms with Crippen LogP contribution in [0.4, 0.5) is 0 Å². The summed E-state index contributed by atoms with van der Waals surface area (Å²) < 4.78 is 2.95. The number of hydrogen-bond donors (Lipinski definition) is 0. The van der Waals surface area contributed by atoms with E-state index in [9.17, 15) is 4.79 Å². The van der Waals surface area contributed by atoms with Crippen LogP contribution in [-0.4, -0.2) is 23.8 Å². The molecule has 4 rings (SSSR count). The quantitative estimate of drug-likeness (QED) is 0.455. The molecule has 3 heterocycles. The van der Waals surface area contributed by atoms with Gasteiger partial charge in [-0.05, 0) is 12.1 Å². The molecule has 0 amide bonds. The Bertz CT molecular complexity index is 953. The lowest BCUT2D eigenvalue weighted by Gasteiger charge is -1.99. The summed E-state index contributed by atoms with van der Waals surface area (Å²) in [7, 11) is 0. The first kappa shape index (κ1) is 9.29. The van der Waals surface area contributed by atoms with E-state index < -0.39 is 0 Å². The molecule has 0 N–H and O–H groups in total. The Balaban J connectivity index is 2.39. The molecule has 6 heteroatoms. The van der Waals surface area contributed by atoms with Crippen molar-refractivity contribution in [2.45, 2.75) is 0 Å². The molecule has 0 spiro atoms. The Morgan fingerprint density at radius 2 is 2.00 bits per heavy atom. The van der Waals surface area contributed by atoms with Crippen LogP contribution >= 0.6 is 0 Å². The van der Waals surface area contributed by atoms with Crippen LogP contribution in [0.25, 0.3) is 22.5 Å². The first-order chi connectivity index (χ1) is 8.84. The minimum Gasteiger partial charge on any atom is -0.259 e. The fraction of sp³-hybridized carbons (Fsp3) is 0. The van der Waals surface area contributed by atoms with Crippen LogP contribution in [0.5, 0.6) is 0 Å². The van der Waals surface area contributed by atoms with Crippen LogP contribution in [0.1, 0.15) is 0 Å². The molecule has 6 nitrogen and oxygen atoms in total. The molecule has 0 aliphatic carbocycles. The third-order valence-electron chi connectivity index (χ3n) is 2.89. The lowest BCUT2D eigenvalue weighted by molar-refractivity contribution is 0.909. The molecule has 86 valence electrons. The van der Waals surface area contributed by atoms with Gasteiger partial charge in [-0.3, -0.25) is 4.98 Å². The van der Waals surface area contributed by atoms with Gasteiger partial charge >= 0.3 is 5.69 Å². The molecular weight excluding hydrogens is 230 g/mol. The number of fused-ring (bicyclic) bond motifs is 4. The number of imidazole rings is 1. The van der Waals surface area contributed by atoms with Crippen molar-refractivity contribution in [3.63, 3.8) is 0 Å². The van der Waals surface area contributed by atoms with Gasteiger partial charge in [0.15, 0.2) is 5.65 Å². The first-order valence-electron chi connectivity index (χ1n) is 5.44. The largest absolute Gasteiger partial charge is 0.341 e. The average molecular weight is 237 g/mol. The molecule has 3 aromatic heterocycles. The van der Waals surface area contributed by atoms with Crippen LogP contribution in [0.3, 0.4) is 0 Å². The van der Waals surface area contributed by atoms with Gasteiger partial charge < -0.3 is 0 Å². The third-order valence-corrected chi connectivity index (χ3v) is 2.89. The number of hydrogen-bond acceptors (Lipinski definition) is 4. The van der Waals surface area contributed by atoms with E-state index in [1.807, 2.05) is 24.3 Å². The average Bonchev–Trinajstić information content (AvgIpc) is 2.77. The van der Waals surface area contributed by atoms with Gasteiger partial charge in [-0.25, -0.2) is 18.6 Å². The number of para-hydroxylation sites is 2. The Morgan fingerprint density at radius 1 is 1.11 bits per heavy atom. The summed E-state index contributed by atoms with van der Waals surface area (Å²) in [5.41, 5.74) is 1.82. The number of nitrogens with zero attached hydrogens (tertiary/aromatic N) is 5. The Morgan fingerprint density at radius 3 is 2.94 bits per heavy atom. The van der Waals surface area contributed by atoms with Gasteiger partial charge in [0.05, 0.1) is 17.2 Å². The highest BCUT2D eigenvalue weighted by molar-refractivity contribution is 5.79. The lowest BCUT2D eigenvalue weighted by atomic mass is 10.3. The molecule has 0 saturated carbocycles. The van der Waals surface area contributed by atoms with E-state index >= 15 is 0 Å². The molecule has 18 heavy (non-hydrogen) atoms. The van der Waals surface area contributed by atoms with Crippen molar-refractivity contribution in [1.29, 1.82) is 0 Å². The maximum absolute atomic E-state index is 12.4. The third kappa shape index (κ3) is 1.06. The minimum atomic E-state index is -0.189. The van der Waals surface area contributed by atoms with Gasteiger partial charge in [0.1, 0.15) is 0 Å². The highest BCUT2D eigenvalue weighted by Crippen LogP contribution is 2.12. The van der Waals surface area contributed by atoms with Crippen molar-refractivity contribution < 1.29 is 0 Å². The summed E-state index contributed by atoms with van der Waals surface area (Å²) in [4.78, 5) is 25.0. The first-order valence-corrected chi connectivity index (χ1v) is 5.44. The lowest BCUT2D eigenvalue weighted by Crippen LogP contribution is -2.22. The monoisotopic (exact) mass is 237 g/mol. The summed E-state index contributed by atoms with van der Waals surface area (Å²) in [6.45, 7) is 0. The summed E-state index contributed by atoms with van der Waals surface area (Å²) in [5, 5.41) is 0. The standard InChI is InChI=1S/C12H7N5O/c18-12-16-6-5-13-7-10(16)15-11-14-8-3-1-2-4-9(8)17(11)12/h1-7H. The van der Waals surface area contributed by atoms with Crippen LogP contribution in [0.15, 0.2) is 47.7 Å². The van der Waals surface area contributed by atoms with Crippen molar-refractivity contribution in [2.75, 3.05) is 0 Å². The van der Waals surface area contributed by atoms with E-state index in [-0.39, 0.29) is 5.69 Å². The summed E-state index contributed by atoms with van der Waals surface area (Å²) in [5.74, 6) is 0.397. The normalized spacial score (nSPS) is 11.6. The zero-order valence-electron chi connectivity index (χ0n) is 9.19. The van der Waals surface area contributed by atoms with Gasteiger partial charge in [0, 0.05) is 12.4 Å². The second kappa shape index (κ2) is 3.13. The van der Waals surface area contributed by atoms with Crippen molar-refractivity contribution in [2.24, 2.45) is 0 Å². The van der Waals surface area contributed by atoms with Crippen molar-refractivity contribution in [3.8, 4) is 0 Å². The molecule has 0 fully saturated rings. The summed E-state index contributed by atoms with van der Waals surface area (Å²) in [6.07, 6.45) is 4.70. The highest BCUT2D eigenvalue weighted by Gasteiger charge is 2.10. The fourth-order valence-corrected chi connectivity index (χ4v) is 2.08. The SMILES string of the molecule is O=c1n2ccncc2nc2nc3ccccc3n12. The number of aromatic nitrogens is 5. The van der Waals surface area contributed by atoms with Gasteiger partial charge in [-0.15, -0.1) is 0 Å². The second-order valence-corrected chi connectivity index (χ2v) is 3.93. The van der Waals surface area contributed by atoms with Crippen LogP contribution in [0.2, 0.25) is 0 Å². The van der Waals surface area contributed by atoms with E-state index in [0.717, 1.165) is 11.0 Å². The van der Waals surface area contributed by atoms with Gasteiger partial charge in [-0.1, -0.05) is 12.1 Å². The van der Waals surface area contributed by atoms with Gasteiger partial charge in [0.25, 0.3) is 0 Å². The molecule has 0 atom stereocenters. The summed E-state index contributed by atoms with van der Waals surface area (Å²) >= 11 is 0. The Kier molecular flexibility index (Phi) is 1.62. The topological polar surface area (TPSA) is 64.6 Å². The molecule has 4 aromatic rings. The molecule has 0 unspecified atom stereocenters. The molecular formula is C12H7N5O. The summed E-state index contributed by atoms with van der Waals surface area (Å²) in [6, 6.07) is 7.47. The van der Waals surface area contributed by atoms with E-state index in [0.29, 0.717) is 11.4 Å². The van der Waals surface area contributed by atoms with Crippen LogP contribution < -0.4 is 5.69 Å². The van der Waals surface area contributed by atoms with E-state index in [4.69, 9.17) is 0 Å². The van der Waals surface area contributed by atoms with E-state index in [1.165, 1.54) is 8.80 Å². The zero-order valence-corrected chi connectivity index (χ0v) is 9.19. The molecule has 0 saturated heterocycles. The Hall–Kier alpha value is -2.76.